The predicted octanol–water partition coefficient (Wildman–Crippen LogP) is 2.60. The molecule has 0 saturated heterocycles. The molecule has 0 atom stereocenters. The molecular formula is C12H13NOS. The Kier molecular flexibility index (Phi) is 3.14. The monoisotopic (exact) mass is 219 g/mol. The third kappa shape index (κ3) is 2.08. The molecule has 0 saturated carbocycles. The van der Waals surface area contributed by atoms with E-state index in [4.69, 9.17) is 5.73 Å². The molecule has 0 heterocycles. The van der Waals surface area contributed by atoms with Crippen LogP contribution in [0.1, 0.15) is 0 Å². The summed E-state index contributed by atoms with van der Waals surface area (Å²) >= 11 is 1.72. The van der Waals surface area contributed by atoms with Crippen molar-refractivity contribution in [1.82, 2.24) is 0 Å². The fourth-order valence-corrected chi connectivity index (χ4v) is 2.39. The van der Waals surface area contributed by atoms with Gasteiger partial charge in [0.1, 0.15) is 5.75 Å². The van der Waals surface area contributed by atoms with Crippen LogP contribution in [-0.2, 0) is 0 Å². The fraction of sp³-hybridized carbons (Fsp3) is 0.167. The number of phenolic OH excluding ortho intramolecular Hbond substituents is 1. The number of thioether (sulfide) groups is 1. The van der Waals surface area contributed by atoms with Gasteiger partial charge in [0, 0.05) is 22.6 Å². The normalized spacial score (nSPS) is 10.7. The first-order valence-electron chi connectivity index (χ1n) is 4.86. The highest BCUT2D eigenvalue weighted by Gasteiger charge is 2.04. The van der Waals surface area contributed by atoms with Crippen LogP contribution in [0.15, 0.2) is 41.3 Å². The Labute approximate surface area is 93.1 Å². The Bertz CT molecular complexity index is 470. The highest BCUT2D eigenvalue weighted by Crippen LogP contribution is 2.32. The maximum Gasteiger partial charge on any atom is 0.123 e. The Balaban J connectivity index is 2.51. The van der Waals surface area contributed by atoms with Gasteiger partial charge in [-0.3, -0.25) is 0 Å². The first kappa shape index (κ1) is 10.3. The van der Waals surface area contributed by atoms with Crippen molar-refractivity contribution in [3.63, 3.8) is 0 Å². The minimum atomic E-state index is 0.336. The Morgan fingerprint density at radius 3 is 2.53 bits per heavy atom. The second-order valence-electron chi connectivity index (χ2n) is 3.27. The third-order valence-electron chi connectivity index (χ3n) is 2.24. The van der Waals surface area contributed by atoms with Crippen molar-refractivity contribution in [3.8, 4) is 5.75 Å². The molecule has 0 aromatic heterocycles. The van der Waals surface area contributed by atoms with Crippen LogP contribution in [0.25, 0.3) is 10.8 Å². The van der Waals surface area contributed by atoms with Crippen molar-refractivity contribution in [1.29, 1.82) is 0 Å². The minimum Gasteiger partial charge on any atom is -0.507 e. The fourth-order valence-electron chi connectivity index (χ4n) is 1.55. The molecule has 0 aliphatic rings. The van der Waals surface area contributed by atoms with Gasteiger partial charge in [-0.1, -0.05) is 24.3 Å². The Hall–Kier alpha value is -1.19. The zero-order valence-electron chi connectivity index (χ0n) is 8.31. The first-order valence-corrected chi connectivity index (χ1v) is 5.85. The molecule has 0 amide bonds. The third-order valence-corrected chi connectivity index (χ3v) is 3.34. The van der Waals surface area contributed by atoms with E-state index in [1.807, 2.05) is 30.3 Å². The van der Waals surface area contributed by atoms with Crippen LogP contribution in [0.2, 0.25) is 0 Å². The number of hydrogen-bond donors (Lipinski definition) is 2. The van der Waals surface area contributed by atoms with Gasteiger partial charge in [0.25, 0.3) is 0 Å². The molecule has 0 radical (unpaired) electrons. The molecule has 78 valence electrons. The van der Waals surface area contributed by atoms with E-state index in [2.05, 4.69) is 0 Å². The molecule has 15 heavy (non-hydrogen) atoms. The van der Waals surface area contributed by atoms with Crippen molar-refractivity contribution in [2.24, 2.45) is 5.73 Å². The molecule has 2 aromatic carbocycles. The molecule has 0 unspecified atom stereocenters. The van der Waals surface area contributed by atoms with Crippen molar-refractivity contribution in [2.45, 2.75) is 4.90 Å². The summed E-state index contributed by atoms with van der Waals surface area (Å²) in [5.41, 5.74) is 5.48. The Morgan fingerprint density at radius 2 is 1.80 bits per heavy atom. The lowest BCUT2D eigenvalue weighted by Gasteiger charge is -2.06. The first-order chi connectivity index (χ1) is 7.33. The maximum atomic E-state index is 9.69. The summed E-state index contributed by atoms with van der Waals surface area (Å²) in [6, 6.07) is 11.5. The molecule has 2 rings (SSSR count). The van der Waals surface area contributed by atoms with Crippen molar-refractivity contribution >= 4 is 22.5 Å². The molecule has 3 N–H and O–H groups in total. The number of nitrogens with two attached hydrogens (primary N) is 1. The van der Waals surface area contributed by atoms with E-state index >= 15 is 0 Å². The van der Waals surface area contributed by atoms with E-state index in [1.165, 1.54) is 4.90 Å². The summed E-state index contributed by atoms with van der Waals surface area (Å²) in [6.45, 7) is 0.667. The SMILES string of the molecule is NCCSc1ccc(O)c2ccccc12. The van der Waals surface area contributed by atoms with E-state index in [0.717, 1.165) is 16.5 Å². The average Bonchev–Trinajstić information content (AvgIpc) is 2.29. The lowest BCUT2D eigenvalue weighted by molar-refractivity contribution is 0.481. The molecule has 2 nitrogen and oxygen atoms in total. The van der Waals surface area contributed by atoms with Gasteiger partial charge in [0.2, 0.25) is 0 Å². The molecule has 0 spiro atoms. The highest BCUT2D eigenvalue weighted by atomic mass is 32.2. The van der Waals surface area contributed by atoms with Crippen LogP contribution in [0, 0.1) is 0 Å². The van der Waals surface area contributed by atoms with E-state index in [0.29, 0.717) is 12.3 Å². The zero-order valence-corrected chi connectivity index (χ0v) is 9.13. The topological polar surface area (TPSA) is 46.2 Å². The van der Waals surface area contributed by atoms with Crippen LogP contribution in [-0.4, -0.2) is 17.4 Å². The number of aromatic hydroxyl groups is 1. The van der Waals surface area contributed by atoms with Crippen LogP contribution in [0.4, 0.5) is 0 Å². The van der Waals surface area contributed by atoms with Gasteiger partial charge in [0.15, 0.2) is 0 Å². The summed E-state index contributed by atoms with van der Waals surface area (Å²) in [5.74, 6) is 1.23. The van der Waals surface area contributed by atoms with E-state index in [1.54, 1.807) is 17.8 Å². The summed E-state index contributed by atoms with van der Waals surface area (Å²) < 4.78 is 0. The molecular weight excluding hydrogens is 206 g/mol. The van der Waals surface area contributed by atoms with E-state index < -0.39 is 0 Å². The van der Waals surface area contributed by atoms with E-state index in [-0.39, 0.29) is 0 Å². The zero-order chi connectivity index (χ0) is 10.7. The maximum absolute atomic E-state index is 9.69. The molecule has 0 aliphatic heterocycles. The number of hydrogen-bond acceptors (Lipinski definition) is 3. The number of phenols is 1. The highest BCUT2D eigenvalue weighted by molar-refractivity contribution is 7.99. The largest absolute Gasteiger partial charge is 0.507 e. The van der Waals surface area contributed by atoms with Gasteiger partial charge in [-0.15, -0.1) is 11.8 Å². The summed E-state index contributed by atoms with van der Waals surface area (Å²) in [6.07, 6.45) is 0. The van der Waals surface area contributed by atoms with Gasteiger partial charge >= 0.3 is 0 Å². The number of fused-ring (bicyclic) bond motifs is 1. The standard InChI is InChI=1S/C12H13NOS/c13-7-8-15-12-6-5-11(14)9-3-1-2-4-10(9)12/h1-6,14H,7-8,13H2. The van der Waals surface area contributed by atoms with Gasteiger partial charge in [-0.25, -0.2) is 0 Å². The molecule has 0 fully saturated rings. The minimum absolute atomic E-state index is 0.336. The van der Waals surface area contributed by atoms with Gasteiger partial charge in [-0.2, -0.15) is 0 Å². The van der Waals surface area contributed by atoms with Gasteiger partial charge < -0.3 is 10.8 Å². The van der Waals surface area contributed by atoms with Crippen molar-refractivity contribution in [2.75, 3.05) is 12.3 Å². The van der Waals surface area contributed by atoms with Crippen LogP contribution in [0.3, 0.4) is 0 Å². The van der Waals surface area contributed by atoms with Crippen LogP contribution >= 0.6 is 11.8 Å². The summed E-state index contributed by atoms with van der Waals surface area (Å²) in [4.78, 5) is 1.17. The van der Waals surface area contributed by atoms with Gasteiger partial charge in [-0.05, 0) is 17.5 Å². The molecule has 0 bridgehead atoms. The average molecular weight is 219 g/mol. The Morgan fingerprint density at radius 1 is 1.07 bits per heavy atom. The van der Waals surface area contributed by atoms with Crippen molar-refractivity contribution < 1.29 is 5.11 Å². The van der Waals surface area contributed by atoms with Crippen LogP contribution < -0.4 is 5.73 Å². The van der Waals surface area contributed by atoms with E-state index in [9.17, 15) is 5.11 Å². The lowest BCUT2D eigenvalue weighted by Crippen LogP contribution is -2.00. The van der Waals surface area contributed by atoms with Crippen molar-refractivity contribution in [3.05, 3.63) is 36.4 Å². The van der Waals surface area contributed by atoms with Crippen LogP contribution in [0.5, 0.6) is 5.75 Å². The number of rotatable bonds is 3. The lowest BCUT2D eigenvalue weighted by atomic mass is 10.1. The predicted molar refractivity (Wildman–Crippen MR) is 65.4 cm³/mol. The second-order valence-corrected chi connectivity index (χ2v) is 4.40. The molecule has 0 aliphatic carbocycles. The number of benzene rings is 2. The quantitative estimate of drug-likeness (QED) is 0.780. The summed E-state index contributed by atoms with van der Waals surface area (Å²) in [5, 5.41) is 11.7. The van der Waals surface area contributed by atoms with Gasteiger partial charge in [0.05, 0.1) is 0 Å². The summed E-state index contributed by atoms with van der Waals surface area (Å²) in [7, 11) is 0. The second kappa shape index (κ2) is 4.55. The smallest absolute Gasteiger partial charge is 0.123 e. The molecule has 3 heteroatoms. The molecule has 2 aromatic rings.